The fourth-order valence-electron chi connectivity index (χ4n) is 1.97. The smallest absolute Gasteiger partial charge is 0.301 e. The molecule has 3 N–H and O–H groups in total. The van der Waals surface area contributed by atoms with E-state index in [4.69, 9.17) is 10.5 Å². The molecule has 21 heavy (non-hydrogen) atoms. The first-order valence-corrected chi connectivity index (χ1v) is 8.12. The average Bonchev–Trinajstić information content (AvgIpc) is 2.48. The summed E-state index contributed by atoms with van der Waals surface area (Å²) in [5.74, 6) is 5.71. The molecule has 1 saturated heterocycles. The van der Waals surface area contributed by atoms with Crippen molar-refractivity contribution in [3.05, 3.63) is 29.3 Å². The topological polar surface area (TPSA) is 84.7 Å². The standard InChI is InChI=1S/C14H19N3O3S/c1-12-4-5-14(11-13(12)3-2-6-15)16-21(18,19)17-7-9-20-10-8-17/h4-5,11,16H,6-10,15H2,1H3. The largest absolute Gasteiger partial charge is 0.379 e. The Morgan fingerprint density at radius 2 is 2.10 bits per heavy atom. The lowest BCUT2D eigenvalue weighted by molar-refractivity contribution is 0.0733. The number of hydrogen-bond donors (Lipinski definition) is 2. The Hall–Kier alpha value is -1.59. The molecule has 0 saturated carbocycles. The minimum Gasteiger partial charge on any atom is -0.379 e. The van der Waals surface area contributed by atoms with Gasteiger partial charge >= 0.3 is 10.2 Å². The van der Waals surface area contributed by atoms with E-state index < -0.39 is 10.2 Å². The number of ether oxygens (including phenoxy) is 1. The molecule has 2 rings (SSSR count). The van der Waals surface area contributed by atoms with Crippen molar-refractivity contribution >= 4 is 15.9 Å². The molecule has 1 aromatic carbocycles. The molecule has 0 aliphatic carbocycles. The van der Waals surface area contributed by atoms with Crippen LogP contribution in [0.25, 0.3) is 0 Å². The number of anilines is 1. The number of nitrogens with zero attached hydrogens (tertiary/aromatic N) is 1. The van der Waals surface area contributed by atoms with Gasteiger partial charge in [-0.05, 0) is 24.6 Å². The summed E-state index contributed by atoms with van der Waals surface area (Å²) in [6.07, 6.45) is 0. The summed E-state index contributed by atoms with van der Waals surface area (Å²) in [6.45, 7) is 3.75. The molecule has 1 aliphatic rings. The summed E-state index contributed by atoms with van der Waals surface area (Å²) < 4.78 is 33.6. The van der Waals surface area contributed by atoms with Crippen LogP contribution in [0.5, 0.6) is 0 Å². The molecule has 0 spiro atoms. The molecular weight excluding hydrogens is 290 g/mol. The third kappa shape index (κ3) is 4.19. The number of morpholine rings is 1. The predicted molar refractivity (Wildman–Crippen MR) is 82.0 cm³/mol. The van der Waals surface area contributed by atoms with Crippen LogP contribution in [0, 0.1) is 18.8 Å². The maximum Gasteiger partial charge on any atom is 0.301 e. The van der Waals surface area contributed by atoms with Crippen LogP contribution in [0.2, 0.25) is 0 Å². The van der Waals surface area contributed by atoms with Crippen molar-refractivity contribution in [2.24, 2.45) is 5.73 Å². The van der Waals surface area contributed by atoms with Gasteiger partial charge in [-0.15, -0.1) is 0 Å². The van der Waals surface area contributed by atoms with E-state index in [9.17, 15) is 8.42 Å². The van der Waals surface area contributed by atoms with Gasteiger partial charge in [0.1, 0.15) is 0 Å². The van der Waals surface area contributed by atoms with E-state index in [0.29, 0.717) is 32.0 Å². The van der Waals surface area contributed by atoms with E-state index in [1.165, 1.54) is 4.31 Å². The SMILES string of the molecule is Cc1ccc(NS(=O)(=O)N2CCOCC2)cc1C#CCN. The van der Waals surface area contributed by atoms with Gasteiger partial charge in [-0.25, -0.2) is 0 Å². The van der Waals surface area contributed by atoms with Crippen LogP contribution in [0.3, 0.4) is 0 Å². The van der Waals surface area contributed by atoms with Crippen molar-refractivity contribution in [3.63, 3.8) is 0 Å². The minimum atomic E-state index is -3.56. The highest BCUT2D eigenvalue weighted by atomic mass is 32.2. The second-order valence-electron chi connectivity index (χ2n) is 4.65. The monoisotopic (exact) mass is 309 g/mol. The van der Waals surface area contributed by atoms with E-state index in [2.05, 4.69) is 16.6 Å². The fraction of sp³-hybridized carbons (Fsp3) is 0.429. The summed E-state index contributed by atoms with van der Waals surface area (Å²) >= 11 is 0. The molecule has 0 unspecified atom stereocenters. The lowest BCUT2D eigenvalue weighted by Gasteiger charge is -2.26. The molecule has 0 amide bonds. The van der Waals surface area contributed by atoms with E-state index in [0.717, 1.165) is 11.1 Å². The van der Waals surface area contributed by atoms with Gasteiger partial charge in [0, 0.05) is 18.7 Å². The number of rotatable bonds is 3. The molecular formula is C14H19N3O3S. The van der Waals surface area contributed by atoms with Crippen LogP contribution >= 0.6 is 0 Å². The highest BCUT2D eigenvalue weighted by Crippen LogP contribution is 2.17. The van der Waals surface area contributed by atoms with E-state index in [-0.39, 0.29) is 6.54 Å². The fourth-order valence-corrected chi connectivity index (χ4v) is 3.15. The first kappa shape index (κ1) is 15.8. The van der Waals surface area contributed by atoms with Crippen LogP contribution in [0.15, 0.2) is 18.2 Å². The Balaban J connectivity index is 2.18. The zero-order chi connectivity index (χ0) is 15.3. The summed E-state index contributed by atoms with van der Waals surface area (Å²) in [5, 5.41) is 0. The van der Waals surface area contributed by atoms with Gasteiger partial charge in [0.2, 0.25) is 0 Å². The van der Waals surface area contributed by atoms with Crippen LogP contribution in [0.1, 0.15) is 11.1 Å². The molecule has 0 aromatic heterocycles. The quantitative estimate of drug-likeness (QED) is 0.786. The van der Waals surface area contributed by atoms with Gasteiger partial charge in [-0.1, -0.05) is 17.9 Å². The predicted octanol–water partition coefficient (Wildman–Crippen LogP) is 0.294. The molecule has 1 fully saturated rings. The zero-order valence-electron chi connectivity index (χ0n) is 11.9. The number of aryl methyl sites for hydroxylation is 1. The number of nitrogens with two attached hydrogens (primary N) is 1. The normalized spacial score (nSPS) is 16.1. The van der Waals surface area contributed by atoms with Crippen molar-refractivity contribution in [2.75, 3.05) is 37.6 Å². The average molecular weight is 309 g/mol. The Bertz CT molecular complexity index is 656. The minimum absolute atomic E-state index is 0.267. The zero-order valence-corrected chi connectivity index (χ0v) is 12.7. The maximum absolute atomic E-state index is 12.3. The molecule has 7 heteroatoms. The Morgan fingerprint density at radius 1 is 1.38 bits per heavy atom. The molecule has 1 aliphatic heterocycles. The Labute approximate surface area is 125 Å². The molecule has 6 nitrogen and oxygen atoms in total. The van der Waals surface area contributed by atoms with Crippen molar-refractivity contribution in [1.82, 2.24) is 4.31 Å². The highest BCUT2D eigenvalue weighted by Gasteiger charge is 2.24. The van der Waals surface area contributed by atoms with Crippen LogP contribution in [0.4, 0.5) is 5.69 Å². The van der Waals surface area contributed by atoms with Crippen molar-refractivity contribution in [2.45, 2.75) is 6.92 Å². The van der Waals surface area contributed by atoms with E-state index >= 15 is 0 Å². The van der Waals surface area contributed by atoms with Gasteiger partial charge in [0.25, 0.3) is 0 Å². The molecule has 1 heterocycles. The van der Waals surface area contributed by atoms with Gasteiger partial charge in [0.05, 0.1) is 25.4 Å². The van der Waals surface area contributed by atoms with Gasteiger partial charge in [0.15, 0.2) is 0 Å². The number of nitrogens with one attached hydrogen (secondary N) is 1. The van der Waals surface area contributed by atoms with E-state index in [1.807, 2.05) is 13.0 Å². The van der Waals surface area contributed by atoms with Crippen molar-refractivity contribution < 1.29 is 13.2 Å². The summed E-state index contributed by atoms with van der Waals surface area (Å²) in [7, 11) is -3.56. The second kappa shape index (κ2) is 6.91. The number of hydrogen-bond acceptors (Lipinski definition) is 4. The molecule has 114 valence electrons. The first-order valence-electron chi connectivity index (χ1n) is 6.68. The van der Waals surface area contributed by atoms with Gasteiger partial charge < -0.3 is 10.5 Å². The summed E-state index contributed by atoms with van der Waals surface area (Å²) in [4.78, 5) is 0. The van der Waals surface area contributed by atoms with E-state index in [1.54, 1.807) is 12.1 Å². The third-order valence-corrected chi connectivity index (χ3v) is 4.66. The van der Waals surface area contributed by atoms with Crippen molar-refractivity contribution in [3.8, 4) is 11.8 Å². The molecule has 0 radical (unpaired) electrons. The van der Waals surface area contributed by atoms with Crippen LogP contribution < -0.4 is 10.5 Å². The lowest BCUT2D eigenvalue weighted by Crippen LogP contribution is -2.43. The van der Waals surface area contributed by atoms with Crippen LogP contribution in [-0.2, 0) is 14.9 Å². The summed E-state index contributed by atoms with van der Waals surface area (Å²) in [5.41, 5.74) is 7.60. The maximum atomic E-state index is 12.3. The Morgan fingerprint density at radius 3 is 2.76 bits per heavy atom. The lowest BCUT2D eigenvalue weighted by atomic mass is 10.1. The summed E-state index contributed by atoms with van der Waals surface area (Å²) in [6, 6.07) is 5.27. The van der Waals surface area contributed by atoms with Crippen LogP contribution in [-0.4, -0.2) is 45.6 Å². The first-order chi connectivity index (χ1) is 10.0. The molecule has 0 bridgehead atoms. The van der Waals surface area contributed by atoms with Gasteiger partial charge in [-0.3, -0.25) is 4.72 Å². The second-order valence-corrected chi connectivity index (χ2v) is 6.32. The number of benzene rings is 1. The Kier molecular flexibility index (Phi) is 5.20. The van der Waals surface area contributed by atoms with Gasteiger partial charge in [-0.2, -0.15) is 12.7 Å². The van der Waals surface area contributed by atoms with Crippen molar-refractivity contribution in [1.29, 1.82) is 0 Å². The molecule has 0 atom stereocenters. The third-order valence-electron chi connectivity index (χ3n) is 3.12. The highest BCUT2D eigenvalue weighted by molar-refractivity contribution is 7.90. The molecule has 1 aromatic rings.